The Bertz CT molecular complexity index is 703. The minimum Gasteiger partial charge on any atom is -0.372 e. The molecule has 5 N–H and O–H groups in total. The first-order valence-corrected chi connectivity index (χ1v) is 8.88. The molecule has 3 unspecified atom stereocenters. The highest BCUT2D eigenvalue weighted by molar-refractivity contribution is 7.89. The number of hydrogen-bond acceptors (Lipinski definition) is 5. The summed E-state index contributed by atoms with van der Waals surface area (Å²) in [7, 11) is -3.78. The van der Waals surface area contributed by atoms with Crippen molar-refractivity contribution in [2.75, 3.05) is 18.4 Å². The number of carbonyl (C=O) groups excluding carboxylic acids is 1. The number of rotatable bonds is 4. The van der Waals surface area contributed by atoms with Crippen LogP contribution in [0, 0.1) is 0 Å². The van der Waals surface area contributed by atoms with E-state index in [1.54, 1.807) is 18.2 Å². The van der Waals surface area contributed by atoms with E-state index >= 15 is 0 Å². The zero-order valence-electron chi connectivity index (χ0n) is 11.7. The van der Waals surface area contributed by atoms with E-state index in [-0.39, 0.29) is 6.04 Å². The van der Waals surface area contributed by atoms with Crippen molar-refractivity contribution in [3.05, 3.63) is 28.8 Å². The van der Waals surface area contributed by atoms with Crippen LogP contribution in [0.15, 0.2) is 18.2 Å². The van der Waals surface area contributed by atoms with Gasteiger partial charge >= 0.3 is 0 Å². The van der Waals surface area contributed by atoms with Crippen LogP contribution in [0.25, 0.3) is 0 Å². The van der Waals surface area contributed by atoms with E-state index < -0.39 is 27.2 Å². The molecule has 1 aromatic rings. The number of nitrogens with one attached hydrogen (secondary N) is 3. The Morgan fingerprint density at radius 1 is 1.41 bits per heavy atom. The van der Waals surface area contributed by atoms with Crippen LogP contribution in [0.3, 0.4) is 0 Å². The molecular weight excluding hydrogens is 328 g/mol. The highest BCUT2D eigenvalue weighted by Gasteiger charge is 2.45. The molecule has 9 heteroatoms. The molecule has 3 atom stereocenters. The van der Waals surface area contributed by atoms with Gasteiger partial charge in [0.2, 0.25) is 15.9 Å². The maximum atomic E-state index is 12.7. The van der Waals surface area contributed by atoms with Crippen molar-refractivity contribution in [2.24, 2.45) is 5.73 Å². The van der Waals surface area contributed by atoms with Crippen LogP contribution in [0.4, 0.5) is 5.69 Å². The van der Waals surface area contributed by atoms with Crippen LogP contribution in [-0.4, -0.2) is 39.5 Å². The molecular formula is C13H17ClN4O3S. The Hall–Kier alpha value is -1.35. The van der Waals surface area contributed by atoms with Gasteiger partial charge in [-0.25, -0.2) is 13.1 Å². The van der Waals surface area contributed by atoms with Crippen molar-refractivity contribution in [1.82, 2.24) is 10.0 Å². The first-order valence-electron chi connectivity index (χ1n) is 6.95. The van der Waals surface area contributed by atoms with Crippen molar-refractivity contribution >= 4 is 33.2 Å². The number of primary amides is 1. The van der Waals surface area contributed by atoms with Gasteiger partial charge in [-0.3, -0.25) is 4.79 Å². The van der Waals surface area contributed by atoms with Crippen molar-refractivity contribution in [1.29, 1.82) is 0 Å². The topological polar surface area (TPSA) is 113 Å². The average Bonchev–Trinajstić information content (AvgIpc) is 3.04. The summed E-state index contributed by atoms with van der Waals surface area (Å²) in [5.41, 5.74) is 6.40. The van der Waals surface area contributed by atoms with Crippen molar-refractivity contribution < 1.29 is 13.2 Å². The second kappa shape index (κ2) is 5.69. The molecule has 0 aliphatic carbocycles. The molecule has 1 saturated heterocycles. The summed E-state index contributed by atoms with van der Waals surface area (Å²) >= 11 is 5.97. The van der Waals surface area contributed by atoms with Gasteiger partial charge in [-0.05, 0) is 36.7 Å². The number of nitrogens with two attached hydrogens (primary N) is 1. The molecule has 0 saturated carbocycles. The van der Waals surface area contributed by atoms with E-state index in [1.807, 2.05) is 0 Å². The molecule has 22 heavy (non-hydrogen) atoms. The quantitative estimate of drug-likeness (QED) is 0.611. The van der Waals surface area contributed by atoms with Gasteiger partial charge in [0.1, 0.15) is 11.3 Å². The van der Waals surface area contributed by atoms with Crippen molar-refractivity contribution in [3.8, 4) is 0 Å². The first-order chi connectivity index (χ1) is 10.4. The summed E-state index contributed by atoms with van der Waals surface area (Å²) in [6.07, 6.45) is 0.711. The highest BCUT2D eigenvalue weighted by Crippen LogP contribution is 2.40. The van der Waals surface area contributed by atoms with Crippen molar-refractivity contribution in [2.45, 2.75) is 23.8 Å². The van der Waals surface area contributed by atoms with E-state index in [0.29, 0.717) is 29.2 Å². The number of anilines is 1. The fourth-order valence-electron chi connectivity index (χ4n) is 2.95. The van der Waals surface area contributed by atoms with E-state index in [1.165, 1.54) is 0 Å². The SMILES string of the molecule is NC(=O)C1Nc2ccc(Cl)cc2C1S(=O)(=O)NC1CCNC1. The molecule has 2 aliphatic rings. The standard InChI is InChI=1S/C13H17ClN4O3S/c14-7-1-2-10-9(5-7)12(11(17-10)13(15)19)22(20,21)18-8-3-4-16-6-8/h1-2,5,8,11-12,16-18H,3-4,6H2,(H2,15,19). The highest BCUT2D eigenvalue weighted by atomic mass is 35.5. The van der Waals surface area contributed by atoms with Gasteiger partial charge in [0.15, 0.2) is 0 Å². The Morgan fingerprint density at radius 2 is 2.18 bits per heavy atom. The maximum absolute atomic E-state index is 12.7. The molecule has 0 bridgehead atoms. The lowest BCUT2D eigenvalue weighted by molar-refractivity contribution is -0.118. The van der Waals surface area contributed by atoms with Gasteiger partial charge in [0.05, 0.1) is 0 Å². The molecule has 2 heterocycles. The number of sulfonamides is 1. The van der Waals surface area contributed by atoms with Crippen LogP contribution in [0.1, 0.15) is 17.2 Å². The molecule has 1 aromatic carbocycles. The number of hydrogen-bond donors (Lipinski definition) is 4. The third kappa shape index (κ3) is 2.79. The predicted molar refractivity (Wildman–Crippen MR) is 84.1 cm³/mol. The fraction of sp³-hybridized carbons (Fsp3) is 0.462. The largest absolute Gasteiger partial charge is 0.372 e. The van der Waals surface area contributed by atoms with Crippen LogP contribution in [-0.2, 0) is 14.8 Å². The lowest BCUT2D eigenvalue weighted by Crippen LogP contribution is -2.46. The minimum absolute atomic E-state index is 0.179. The summed E-state index contributed by atoms with van der Waals surface area (Å²) in [5.74, 6) is -0.716. The smallest absolute Gasteiger partial charge is 0.241 e. The maximum Gasteiger partial charge on any atom is 0.241 e. The molecule has 120 valence electrons. The third-order valence-corrected chi connectivity index (χ3v) is 6.06. The van der Waals surface area contributed by atoms with Gasteiger partial charge in [0, 0.05) is 23.3 Å². The summed E-state index contributed by atoms with van der Waals surface area (Å²) in [6.45, 7) is 1.33. The van der Waals surface area contributed by atoms with Gasteiger partial charge in [-0.1, -0.05) is 11.6 Å². The summed E-state index contributed by atoms with van der Waals surface area (Å²) in [4.78, 5) is 11.7. The molecule has 0 radical (unpaired) electrons. The second-order valence-electron chi connectivity index (χ2n) is 5.53. The summed E-state index contributed by atoms with van der Waals surface area (Å²) < 4.78 is 28.2. The molecule has 0 spiro atoms. The predicted octanol–water partition coefficient (Wildman–Crippen LogP) is -0.0582. The van der Waals surface area contributed by atoms with Crippen LogP contribution in [0.5, 0.6) is 0 Å². The molecule has 1 fully saturated rings. The number of carbonyl (C=O) groups is 1. The van der Waals surface area contributed by atoms with E-state index in [2.05, 4.69) is 15.4 Å². The van der Waals surface area contributed by atoms with Gasteiger partial charge in [-0.2, -0.15) is 0 Å². The zero-order valence-corrected chi connectivity index (χ0v) is 13.2. The first kappa shape index (κ1) is 15.5. The molecule has 2 aliphatic heterocycles. The van der Waals surface area contributed by atoms with Crippen LogP contribution < -0.4 is 21.1 Å². The lowest BCUT2D eigenvalue weighted by atomic mass is 10.1. The second-order valence-corrected chi connectivity index (χ2v) is 7.80. The Labute approximate surface area is 133 Å². The Kier molecular flexibility index (Phi) is 4.02. The number of halogens is 1. The van der Waals surface area contributed by atoms with E-state index in [0.717, 1.165) is 6.54 Å². The average molecular weight is 345 g/mol. The number of amides is 1. The number of fused-ring (bicyclic) bond motifs is 1. The van der Waals surface area contributed by atoms with Crippen molar-refractivity contribution in [3.63, 3.8) is 0 Å². The minimum atomic E-state index is -3.78. The normalized spacial score (nSPS) is 27.4. The van der Waals surface area contributed by atoms with E-state index in [4.69, 9.17) is 17.3 Å². The molecule has 3 rings (SSSR count). The van der Waals surface area contributed by atoms with Gasteiger partial charge < -0.3 is 16.4 Å². The Balaban J connectivity index is 1.98. The van der Waals surface area contributed by atoms with Crippen LogP contribution in [0.2, 0.25) is 5.02 Å². The Morgan fingerprint density at radius 3 is 2.82 bits per heavy atom. The number of benzene rings is 1. The molecule has 7 nitrogen and oxygen atoms in total. The third-order valence-electron chi connectivity index (χ3n) is 3.97. The van der Waals surface area contributed by atoms with Gasteiger partial charge in [-0.15, -0.1) is 0 Å². The lowest BCUT2D eigenvalue weighted by Gasteiger charge is -2.21. The van der Waals surface area contributed by atoms with Gasteiger partial charge in [0.25, 0.3) is 0 Å². The van der Waals surface area contributed by atoms with E-state index in [9.17, 15) is 13.2 Å². The fourth-order valence-corrected chi connectivity index (χ4v) is 5.03. The monoisotopic (exact) mass is 344 g/mol. The zero-order chi connectivity index (χ0) is 15.9. The summed E-state index contributed by atoms with van der Waals surface area (Å²) in [6, 6.07) is 3.65. The molecule has 1 amide bonds. The summed E-state index contributed by atoms with van der Waals surface area (Å²) in [5, 5.41) is 5.29. The molecule has 0 aromatic heterocycles. The van der Waals surface area contributed by atoms with Crippen LogP contribution >= 0.6 is 11.6 Å².